The Bertz CT molecular complexity index is 80.4. The molecule has 0 aliphatic rings. The zero-order valence-corrected chi connectivity index (χ0v) is 5.70. The summed E-state index contributed by atoms with van der Waals surface area (Å²) in [6.07, 6.45) is 3.08. The van der Waals surface area contributed by atoms with Crippen LogP contribution in [0.25, 0.3) is 0 Å². The van der Waals surface area contributed by atoms with Crippen molar-refractivity contribution >= 4 is 0 Å². The molecule has 9 heavy (non-hydrogen) atoms. The maximum atomic E-state index is 8.26. The molecule has 0 fully saturated rings. The van der Waals surface area contributed by atoms with Crippen LogP contribution in [-0.4, -0.2) is 25.3 Å². The Labute approximate surface area is 54.9 Å². The number of methoxy groups -OCH3 is 1. The predicted molar refractivity (Wildman–Crippen MR) is 33.8 cm³/mol. The van der Waals surface area contributed by atoms with E-state index in [-0.39, 0.29) is 6.79 Å². The smallest absolute Gasteiger partial charge is 0.179 e. The Balaban J connectivity index is 3.41. The SMILES string of the molecule is C/C=C\C(OC)OCO. The molecule has 1 unspecified atom stereocenters. The Kier molecular flexibility index (Phi) is 5.51. The second-order valence-electron chi connectivity index (χ2n) is 1.43. The fraction of sp³-hybridized carbons (Fsp3) is 0.667. The maximum Gasteiger partial charge on any atom is 0.179 e. The average Bonchev–Trinajstić information content (AvgIpc) is 1.88. The van der Waals surface area contributed by atoms with Gasteiger partial charge >= 0.3 is 0 Å². The minimum atomic E-state index is -0.417. The van der Waals surface area contributed by atoms with E-state index in [4.69, 9.17) is 9.84 Å². The molecule has 0 aliphatic heterocycles. The standard InChI is InChI=1S/C6H12O3/c1-3-4-6(8-2)9-5-7/h3-4,6-7H,5H2,1-2H3/b4-3-. The molecule has 0 amide bonds. The summed E-state index contributed by atoms with van der Waals surface area (Å²) in [5.74, 6) is 0. The van der Waals surface area contributed by atoms with Gasteiger partial charge in [0.25, 0.3) is 0 Å². The molecule has 0 heterocycles. The predicted octanol–water partition coefficient (Wildman–Crippen LogP) is 0.501. The Morgan fingerprint density at radius 2 is 2.33 bits per heavy atom. The number of hydrogen-bond donors (Lipinski definition) is 1. The first-order valence-electron chi connectivity index (χ1n) is 2.73. The zero-order valence-electron chi connectivity index (χ0n) is 5.70. The van der Waals surface area contributed by atoms with E-state index in [0.29, 0.717) is 0 Å². The van der Waals surface area contributed by atoms with Gasteiger partial charge in [-0.3, -0.25) is 0 Å². The van der Waals surface area contributed by atoms with Crippen molar-refractivity contribution in [3.63, 3.8) is 0 Å². The monoisotopic (exact) mass is 132 g/mol. The van der Waals surface area contributed by atoms with E-state index < -0.39 is 6.29 Å². The van der Waals surface area contributed by atoms with Crippen LogP contribution in [0, 0.1) is 0 Å². The van der Waals surface area contributed by atoms with Crippen molar-refractivity contribution in [1.82, 2.24) is 0 Å². The van der Waals surface area contributed by atoms with Crippen molar-refractivity contribution in [3.8, 4) is 0 Å². The zero-order chi connectivity index (χ0) is 7.11. The van der Waals surface area contributed by atoms with E-state index in [2.05, 4.69) is 4.74 Å². The van der Waals surface area contributed by atoms with Crippen LogP contribution in [0.5, 0.6) is 0 Å². The van der Waals surface area contributed by atoms with Gasteiger partial charge in [-0.05, 0) is 13.0 Å². The van der Waals surface area contributed by atoms with Gasteiger partial charge in [0.15, 0.2) is 6.29 Å². The van der Waals surface area contributed by atoms with Gasteiger partial charge in [0.2, 0.25) is 0 Å². The van der Waals surface area contributed by atoms with Crippen LogP contribution in [0.15, 0.2) is 12.2 Å². The summed E-state index contributed by atoms with van der Waals surface area (Å²) < 4.78 is 9.44. The fourth-order valence-electron chi connectivity index (χ4n) is 0.433. The van der Waals surface area contributed by atoms with Gasteiger partial charge in [-0.1, -0.05) is 6.08 Å². The van der Waals surface area contributed by atoms with Crippen molar-refractivity contribution in [2.75, 3.05) is 13.9 Å². The van der Waals surface area contributed by atoms with Gasteiger partial charge in [-0.15, -0.1) is 0 Å². The lowest BCUT2D eigenvalue weighted by atomic mass is 10.5. The molecular formula is C6H12O3. The van der Waals surface area contributed by atoms with Crippen molar-refractivity contribution in [3.05, 3.63) is 12.2 Å². The van der Waals surface area contributed by atoms with Crippen LogP contribution in [0.3, 0.4) is 0 Å². The molecule has 0 radical (unpaired) electrons. The Morgan fingerprint density at radius 1 is 1.67 bits per heavy atom. The molecular weight excluding hydrogens is 120 g/mol. The second-order valence-corrected chi connectivity index (χ2v) is 1.43. The van der Waals surface area contributed by atoms with Crippen molar-refractivity contribution < 1.29 is 14.6 Å². The van der Waals surface area contributed by atoms with Crippen LogP contribution >= 0.6 is 0 Å². The summed E-state index contributed by atoms with van der Waals surface area (Å²) in [5, 5.41) is 8.26. The molecule has 1 N–H and O–H groups in total. The van der Waals surface area contributed by atoms with E-state index in [1.807, 2.05) is 6.92 Å². The topological polar surface area (TPSA) is 38.7 Å². The van der Waals surface area contributed by atoms with E-state index in [1.54, 1.807) is 12.2 Å². The molecule has 1 atom stereocenters. The summed E-state index contributed by atoms with van der Waals surface area (Å²) in [6, 6.07) is 0. The third kappa shape index (κ3) is 4.14. The largest absolute Gasteiger partial charge is 0.371 e. The molecule has 0 spiro atoms. The molecule has 0 aromatic rings. The van der Waals surface area contributed by atoms with Crippen LogP contribution in [0.1, 0.15) is 6.92 Å². The molecule has 54 valence electrons. The molecule has 3 nitrogen and oxygen atoms in total. The Hall–Kier alpha value is -0.380. The van der Waals surface area contributed by atoms with Gasteiger partial charge in [-0.25, -0.2) is 0 Å². The van der Waals surface area contributed by atoms with Gasteiger partial charge < -0.3 is 14.6 Å². The van der Waals surface area contributed by atoms with E-state index >= 15 is 0 Å². The summed E-state index contributed by atoms with van der Waals surface area (Å²) in [7, 11) is 1.51. The lowest BCUT2D eigenvalue weighted by Gasteiger charge is -2.08. The summed E-state index contributed by atoms with van der Waals surface area (Å²) in [5.41, 5.74) is 0. The molecule has 0 saturated carbocycles. The molecule has 3 heteroatoms. The van der Waals surface area contributed by atoms with Crippen LogP contribution in [0.4, 0.5) is 0 Å². The molecule has 0 aliphatic carbocycles. The lowest BCUT2D eigenvalue weighted by molar-refractivity contribution is -0.141. The third-order valence-corrected chi connectivity index (χ3v) is 0.821. The van der Waals surface area contributed by atoms with Gasteiger partial charge in [0, 0.05) is 7.11 Å². The minimum Gasteiger partial charge on any atom is -0.371 e. The molecule has 0 saturated heterocycles. The number of ether oxygens (including phenoxy) is 2. The van der Waals surface area contributed by atoms with Gasteiger partial charge in [0.05, 0.1) is 0 Å². The maximum absolute atomic E-state index is 8.26. The number of allylic oxidation sites excluding steroid dienone is 1. The van der Waals surface area contributed by atoms with E-state index in [0.717, 1.165) is 0 Å². The van der Waals surface area contributed by atoms with Gasteiger partial charge in [0.1, 0.15) is 6.79 Å². The highest BCUT2D eigenvalue weighted by Gasteiger charge is 1.97. The second kappa shape index (κ2) is 5.75. The highest BCUT2D eigenvalue weighted by molar-refractivity contribution is 4.80. The number of rotatable bonds is 4. The average molecular weight is 132 g/mol. The fourth-order valence-corrected chi connectivity index (χ4v) is 0.433. The third-order valence-electron chi connectivity index (χ3n) is 0.821. The van der Waals surface area contributed by atoms with Crippen molar-refractivity contribution in [2.24, 2.45) is 0 Å². The van der Waals surface area contributed by atoms with E-state index in [9.17, 15) is 0 Å². The van der Waals surface area contributed by atoms with Crippen molar-refractivity contribution in [1.29, 1.82) is 0 Å². The summed E-state index contributed by atoms with van der Waals surface area (Å²) in [6.45, 7) is 1.54. The van der Waals surface area contributed by atoms with Gasteiger partial charge in [-0.2, -0.15) is 0 Å². The summed E-state index contributed by atoms with van der Waals surface area (Å²) in [4.78, 5) is 0. The summed E-state index contributed by atoms with van der Waals surface area (Å²) >= 11 is 0. The molecule has 0 aromatic carbocycles. The first-order chi connectivity index (χ1) is 4.35. The van der Waals surface area contributed by atoms with Crippen LogP contribution < -0.4 is 0 Å². The number of aliphatic hydroxyl groups is 1. The van der Waals surface area contributed by atoms with Crippen LogP contribution in [-0.2, 0) is 9.47 Å². The highest BCUT2D eigenvalue weighted by Crippen LogP contribution is 1.92. The molecule has 0 bridgehead atoms. The number of aliphatic hydroxyl groups excluding tert-OH is 1. The lowest BCUT2D eigenvalue weighted by Crippen LogP contribution is -2.12. The molecule has 0 aromatic heterocycles. The first-order valence-corrected chi connectivity index (χ1v) is 2.73. The van der Waals surface area contributed by atoms with E-state index in [1.165, 1.54) is 7.11 Å². The number of hydrogen-bond acceptors (Lipinski definition) is 3. The highest BCUT2D eigenvalue weighted by atomic mass is 16.7. The van der Waals surface area contributed by atoms with Crippen LogP contribution in [0.2, 0.25) is 0 Å². The first kappa shape index (κ1) is 8.62. The quantitative estimate of drug-likeness (QED) is 0.447. The van der Waals surface area contributed by atoms with Crippen molar-refractivity contribution in [2.45, 2.75) is 13.2 Å². The minimum absolute atomic E-state index is 0.317. The normalized spacial score (nSPS) is 14.6. The molecule has 0 rings (SSSR count). The Morgan fingerprint density at radius 3 is 2.67 bits per heavy atom.